The topological polar surface area (TPSA) is 91.2 Å². The Balaban J connectivity index is 1.68. The lowest BCUT2D eigenvalue weighted by atomic mass is 9.85. The van der Waals surface area contributed by atoms with Gasteiger partial charge >= 0.3 is 0 Å². The van der Waals surface area contributed by atoms with Crippen LogP contribution in [0.5, 0.6) is 0 Å². The van der Waals surface area contributed by atoms with Crippen LogP contribution < -0.4 is 11.1 Å². The molecule has 102 valence electrons. The van der Waals surface area contributed by atoms with Crippen LogP contribution >= 0.6 is 0 Å². The standard InChI is InChI=1S/C13H18N4O2/c14-9-5-11(15-6-9)13(19)17-4-3-10-8(7-17)1-2-12(18)16-10/h5-6,8,10,15H,1-4,7,14H2,(H,16,18). The van der Waals surface area contributed by atoms with E-state index in [2.05, 4.69) is 10.3 Å². The number of carbonyl (C=O) groups excluding carboxylic acids is 2. The van der Waals surface area contributed by atoms with E-state index < -0.39 is 0 Å². The molecule has 4 N–H and O–H groups in total. The molecule has 0 saturated carbocycles. The second-order valence-corrected chi connectivity index (χ2v) is 5.36. The van der Waals surface area contributed by atoms with Gasteiger partial charge in [-0.2, -0.15) is 0 Å². The van der Waals surface area contributed by atoms with Crippen LogP contribution in [0.15, 0.2) is 12.3 Å². The normalized spacial score (nSPS) is 26.7. The summed E-state index contributed by atoms with van der Waals surface area (Å²) in [5, 5.41) is 3.02. The maximum absolute atomic E-state index is 12.3. The second kappa shape index (κ2) is 4.60. The molecule has 2 aliphatic heterocycles. The third kappa shape index (κ3) is 2.30. The van der Waals surface area contributed by atoms with Crippen molar-refractivity contribution in [3.05, 3.63) is 18.0 Å². The number of nitrogen functional groups attached to an aromatic ring is 1. The lowest BCUT2D eigenvalue weighted by Crippen LogP contribution is -2.55. The van der Waals surface area contributed by atoms with Crippen molar-refractivity contribution in [3.8, 4) is 0 Å². The smallest absolute Gasteiger partial charge is 0.270 e. The molecule has 2 fully saturated rings. The molecule has 6 nitrogen and oxygen atoms in total. The number of rotatable bonds is 1. The Labute approximate surface area is 111 Å². The molecule has 1 aromatic heterocycles. The Hall–Kier alpha value is -1.98. The molecule has 2 saturated heterocycles. The van der Waals surface area contributed by atoms with Crippen molar-refractivity contribution in [2.24, 2.45) is 5.92 Å². The van der Waals surface area contributed by atoms with Crippen molar-refractivity contribution >= 4 is 17.5 Å². The van der Waals surface area contributed by atoms with Gasteiger partial charge in [-0.15, -0.1) is 0 Å². The van der Waals surface area contributed by atoms with Crippen molar-refractivity contribution in [1.82, 2.24) is 15.2 Å². The van der Waals surface area contributed by atoms with Crippen molar-refractivity contribution in [3.63, 3.8) is 0 Å². The Morgan fingerprint density at radius 3 is 3.00 bits per heavy atom. The molecule has 3 rings (SSSR count). The van der Waals surface area contributed by atoms with Crippen LogP contribution in [-0.4, -0.2) is 40.8 Å². The monoisotopic (exact) mass is 262 g/mol. The van der Waals surface area contributed by atoms with Gasteiger partial charge in [0.2, 0.25) is 5.91 Å². The minimum absolute atomic E-state index is 0.00736. The third-order valence-electron chi connectivity index (χ3n) is 4.05. The number of carbonyl (C=O) groups is 2. The number of amides is 2. The summed E-state index contributed by atoms with van der Waals surface area (Å²) < 4.78 is 0. The van der Waals surface area contributed by atoms with E-state index in [4.69, 9.17) is 5.73 Å². The molecule has 0 radical (unpaired) electrons. The number of nitrogens with zero attached hydrogens (tertiary/aromatic N) is 1. The molecule has 0 aliphatic carbocycles. The molecule has 3 heterocycles. The first-order valence-corrected chi connectivity index (χ1v) is 6.66. The average Bonchev–Trinajstić information content (AvgIpc) is 2.84. The van der Waals surface area contributed by atoms with Gasteiger partial charge < -0.3 is 20.9 Å². The molecule has 6 heteroatoms. The van der Waals surface area contributed by atoms with Gasteiger partial charge in [0.25, 0.3) is 5.91 Å². The number of nitrogens with two attached hydrogens (primary N) is 1. The largest absolute Gasteiger partial charge is 0.397 e. The van der Waals surface area contributed by atoms with E-state index in [0.717, 1.165) is 12.8 Å². The molecule has 0 bridgehead atoms. The van der Waals surface area contributed by atoms with Gasteiger partial charge in [0, 0.05) is 37.4 Å². The summed E-state index contributed by atoms with van der Waals surface area (Å²) in [5.41, 5.74) is 6.73. The van der Waals surface area contributed by atoms with Crippen molar-refractivity contribution < 1.29 is 9.59 Å². The van der Waals surface area contributed by atoms with Crippen LogP contribution in [0.4, 0.5) is 5.69 Å². The quantitative estimate of drug-likeness (QED) is 0.681. The summed E-state index contributed by atoms with van der Waals surface area (Å²) in [5.74, 6) is 0.507. The van der Waals surface area contributed by atoms with Crippen LogP contribution in [0, 0.1) is 5.92 Å². The Morgan fingerprint density at radius 2 is 2.26 bits per heavy atom. The van der Waals surface area contributed by atoms with E-state index in [9.17, 15) is 9.59 Å². The maximum atomic E-state index is 12.3. The first kappa shape index (κ1) is 12.1. The van der Waals surface area contributed by atoms with E-state index >= 15 is 0 Å². The van der Waals surface area contributed by atoms with Crippen LogP contribution in [-0.2, 0) is 4.79 Å². The predicted octanol–water partition coefficient (Wildman–Crippen LogP) is 0.338. The van der Waals surface area contributed by atoms with Gasteiger partial charge in [0.05, 0.1) is 0 Å². The molecular formula is C13H18N4O2. The number of anilines is 1. The summed E-state index contributed by atoms with van der Waals surface area (Å²) in [6, 6.07) is 1.90. The molecule has 2 aliphatic rings. The van der Waals surface area contributed by atoms with Crippen LogP contribution in [0.25, 0.3) is 0 Å². The Kier molecular flexibility index (Phi) is 2.93. The number of likely N-dealkylation sites (tertiary alicyclic amines) is 1. The summed E-state index contributed by atoms with van der Waals surface area (Å²) in [6.45, 7) is 1.39. The maximum Gasteiger partial charge on any atom is 0.270 e. The molecule has 0 aromatic carbocycles. The second-order valence-electron chi connectivity index (χ2n) is 5.36. The molecule has 19 heavy (non-hydrogen) atoms. The highest BCUT2D eigenvalue weighted by Crippen LogP contribution is 2.26. The molecule has 2 atom stereocenters. The first-order valence-electron chi connectivity index (χ1n) is 6.66. The first-order chi connectivity index (χ1) is 9.13. The molecule has 2 unspecified atom stereocenters. The number of hydrogen-bond donors (Lipinski definition) is 3. The van der Waals surface area contributed by atoms with E-state index in [1.807, 2.05) is 4.90 Å². The molecular weight excluding hydrogens is 244 g/mol. The lowest BCUT2D eigenvalue weighted by molar-refractivity contribution is -0.125. The number of aromatic nitrogens is 1. The number of nitrogens with one attached hydrogen (secondary N) is 2. The van der Waals surface area contributed by atoms with Gasteiger partial charge in [-0.05, 0) is 24.8 Å². The van der Waals surface area contributed by atoms with Gasteiger partial charge in [-0.1, -0.05) is 0 Å². The fraction of sp³-hybridized carbons (Fsp3) is 0.538. The van der Waals surface area contributed by atoms with Crippen molar-refractivity contribution in [2.45, 2.75) is 25.3 Å². The van der Waals surface area contributed by atoms with Crippen LogP contribution in [0.2, 0.25) is 0 Å². The van der Waals surface area contributed by atoms with E-state index in [1.165, 1.54) is 0 Å². The number of hydrogen-bond acceptors (Lipinski definition) is 3. The highest BCUT2D eigenvalue weighted by atomic mass is 16.2. The van der Waals surface area contributed by atoms with Crippen LogP contribution in [0.3, 0.4) is 0 Å². The summed E-state index contributed by atoms with van der Waals surface area (Å²) >= 11 is 0. The lowest BCUT2D eigenvalue weighted by Gasteiger charge is -2.41. The zero-order valence-electron chi connectivity index (χ0n) is 10.7. The van der Waals surface area contributed by atoms with Crippen molar-refractivity contribution in [2.75, 3.05) is 18.8 Å². The number of H-pyrrole nitrogens is 1. The molecule has 1 aromatic rings. The minimum atomic E-state index is -0.00736. The van der Waals surface area contributed by atoms with E-state index in [0.29, 0.717) is 36.8 Å². The minimum Gasteiger partial charge on any atom is -0.397 e. The third-order valence-corrected chi connectivity index (χ3v) is 4.05. The Bertz CT molecular complexity index is 510. The van der Waals surface area contributed by atoms with Gasteiger partial charge in [0.1, 0.15) is 5.69 Å². The zero-order chi connectivity index (χ0) is 13.4. The van der Waals surface area contributed by atoms with Gasteiger partial charge in [0.15, 0.2) is 0 Å². The number of fused-ring (bicyclic) bond motifs is 1. The fourth-order valence-corrected chi connectivity index (χ4v) is 3.00. The molecule has 0 spiro atoms. The predicted molar refractivity (Wildman–Crippen MR) is 70.4 cm³/mol. The summed E-state index contributed by atoms with van der Waals surface area (Å²) in [4.78, 5) is 28.4. The number of aromatic amines is 1. The highest BCUT2D eigenvalue weighted by Gasteiger charge is 2.35. The summed E-state index contributed by atoms with van der Waals surface area (Å²) in [6.07, 6.45) is 3.89. The van der Waals surface area contributed by atoms with Gasteiger partial charge in [-0.25, -0.2) is 0 Å². The molecule has 2 amide bonds. The fourth-order valence-electron chi connectivity index (χ4n) is 3.00. The highest BCUT2D eigenvalue weighted by molar-refractivity contribution is 5.93. The number of piperidine rings is 2. The zero-order valence-corrected chi connectivity index (χ0v) is 10.7. The van der Waals surface area contributed by atoms with E-state index in [1.54, 1.807) is 12.3 Å². The Morgan fingerprint density at radius 1 is 1.42 bits per heavy atom. The SMILES string of the molecule is Nc1c[nH]c(C(=O)N2CCC3NC(=O)CCC3C2)c1. The average molecular weight is 262 g/mol. The van der Waals surface area contributed by atoms with E-state index in [-0.39, 0.29) is 17.9 Å². The van der Waals surface area contributed by atoms with Crippen LogP contribution in [0.1, 0.15) is 29.8 Å². The van der Waals surface area contributed by atoms with Crippen molar-refractivity contribution in [1.29, 1.82) is 0 Å². The summed E-state index contributed by atoms with van der Waals surface area (Å²) in [7, 11) is 0. The van der Waals surface area contributed by atoms with Gasteiger partial charge in [-0.3, -0.25) is 9.59 Å².